The van der Waals surface area contributed by atoms with Gasteiger partial charge in [0, 0.05) is 0 Å². The van der Waals surface area contributed by atoms with Gasteiger partial charge in [-0.05, 0) is 40.5 Å². The Morgan fingerprint density at radius 1 is 0.647 bits per heavy atom. The van der Waals surface area contributed by atoms with Gasteiger partial charge in [0.25, 0.3) is 0 Å². The second-order valence-electron chi connectivity index (χ2n) is 6.04. The highest BCUT2D eigenvalue weighted by molar-refractivity contribution is 4.74. The first kappa shape index (κ1) is 19.3. The third-order valence-corrected chi connectivity index (χ3v) is 3.21. The molecular formula is C16H36O. The molecule has 0 aliphatic rings. The summed E-state index contributed by atoms with van der Waals surface area (Å²) >= 11 is 0. The van der Waals surface area contributed by atoms with Crippen LogP contribution < -0.4 is 0 Å². The van der Waals surface area contributed by atoms with Crippen molar-refractivity contribution in [2.75, 3.05) is 0 Å². The van der Waals surface area contributed by atoms with Crippen molar-refractivity contribution in [2.24, 2.45) is 0 Å². The standard InChI is InChI=1S/C10H22O.C6H14/c1-7-9(3,4)11-10(5,6)8-2;1-3-5-6-4-2/h7-8H2,1-6H3;3-6H2,1-2H3. The van der Waals surface area contributed by atoms with E-state index in [0.29, 0.717) is 0 Å². The molecule has 0 unspecified atom stereocenters. The van der Waals surface area contributed by atoms with Crippen LogP contribution in [0.2, 0.25) is 0 Å². The largest absolute Gasteiger partial charge is 0.370 e. The second-order valence-corrected chi connectivity index (χ2v) is 6.04. The van der Waals surface area contributed by atoms with Crippen LogP contribution in [0.5, 0.6) is 0 Å². The third-order valence-electron chi connectivity index (χ3n) is 3.21. The zero-order chi connectivity index (χ0) is 13.9. The fourth-order valence-corrected chi connectivity index (χ4v) is 1.39. The van der Waals surface area contributed by atoms with Gasteiger partial charge < -0.3 is 4.74 Å². The van der Waals surface area contributed by atoms with Crippen molar-refractivity contribution in [3.05, 3.63) is 0 Å². The van der Waals surface area contributed by atoms with Gasteiger partial charge in [0.05, 0.1) is 11.2 Å². The first-order valence-corrected chi connectivity index (χ1v) is 7.44. The summed E-state index contributed by atoms with van der Waals surface area (Å²) in [5.41, 5.74) is 0.0546. The molecule has 1 heteroatoms. The van der Waals surface area contributed by atoms with Crippen molar-refractivity contribution in [3.8, 4) is 0 Å². The van der Waals surface area contributed by atoms with Crippen molar-refractivity contribution < 1.29 is 4.74 Å². The van der Waals surface area contributed by atoms with Gasteiger partial charge in [-0.1, -0.05) is 53.4 Å². The number of hydrogen-bond donors (Lipinski definition) is 0. The van der Waals surface area contributed by atoms with E-state index in [-0.39, 0.29) is 11.2 Å². The molecule has 0 aliphatic carbocycles. The summed E-state index contributed by atoms with van der Waals surface area (Å²) in [5.74, 6) is 0. The van der Waals surface area contributed by atoms with E-state index in [4.69, 9.17) is 4.74 Å². The zero-order valence-electron chi connectivity index (χ0n) is 13.7. The molecule has 0 fully saturated rings. The zero-order valence-corrected chi connectivity index (χ0v) is 13.7. The Labute approximate surface area is 110 Å². The maximum atomic E-state index is 5.92. The van der Waals surface area contributed by atoms with E-state index < -0.39 is 0 Å². The number of unbranched alkanes of at least 4 members (excludes halogenated alkanes) is 3. The predicted octanol–water partition coefficient (Wildman–Crippen LogP) is 5.97. The summed E-state index contributed by atoms with van der Waals surface area (Å²) in [6.07, 6.45) is 7.67. The number of rotatable bonds is 7. The molecule has 0 amide bonds. The fraction of sp³-hybridized carbons (Fsp3) is 1.00. The smallest absolute Gasteiger partial charge is 0.0631 e. The van der Waals surface area contributed by atoms with E-state index in [9.17, 15) is 0 Å². The highest BCUT2D eigenvalue weighted by atomic mass is 16.5. The van der Waals surface area contributed by atoms with Crippen molar-refractivity contribution in [3.63, 3.8) is 0 Å². The van der Waals surface area contributed by atoms with E-state index in [0.717, 1.165) is 12.8 Å². The molecular weight excluding hydrogens is 208 g/mol. The van der Waals surface area contributed by atoms with Crippen molar-refractivity contribution in [1.29, 1.82) is 0 Å². The lowest BCUT2D eigenvalue weighted by Crippen LogP contribution is -2.35. The van der Waals surface area contributed by atoms with Gasteiger partial charge in [-0.25, -0.2) is 0 Å². The molecule has 0 radical (unpaired) electrons. The summed E-state index contributed by atoms with van der Waals surface area (Å²) in [7, 11) is 0. The molecule has 106 valence electrons. The van der Waals surface area contributed by atoms with Gasteiger partial charge in [-0.2, -0.15) is 0 Å². The lowest BCUT2D eigenvalue weighted by molar-refractivity contribution is -0.124. The average Bonchev–Trinajstić information content (AvgIpc) is 2.26. The average molecular weight is 244 g/mol. The molecule has 0 rings (SSSR count). The summed E-state index contributed by atoms with van der Waals surface area (Å²) in [6, 6.07) is 0. The van der Waals surface area contributed by atoms with Crippen molar-refractivity contribution >= 4 is 0 Å². The van der Waals surface area contributed by atoms with Gasteiger partial charge in [0.1, 0.15) is 0 Å². The maximum absolute atomic E-state index is 5.92. The summed E-state index contributed by atoms with van der Waals surface area (Å²) in [4.78, 5) is 0. The molecule has 0 aromatic heterocycles. The van der Waals surface area contributed by atoms with Gasteiger partial charge >= 0.3 is 0 Å². The van der Waals surface area contributed by atoms with Gasteiger partial charge in [-0.3, -0.25) is 0 Å². The van der Waals surface area contributed by atoms with Crippen LogP contribution in [-0.4, -0.2) is 11.2 Å². The normalized spacial score (nSPS) is 12.0. The molecule has 0 aliphatic heterocycles. The van der Waals surface area contributed by atoms with Crippen LogP contribution in [-0.2, 0) is 4.74 Å². The Hall–Kier alpha value is -0.0400. The molecule has 0 saturated carbocycles. The van der Waals surface area contributed by atoms with E-state index in [1.807, 2.05) is 0 Å². The molecule has 1 nitrogen and oxygen atoms in total. The van der Waals surface area contributed by atoms with Gasteiger partial charge in [0.15, 0.2) is 0 Å². The van der Waals surface area contributed by atoms with E-state index in [1.54, 1.807) is 0 Å². The van der Waals surface area contributed by atoms with Gasteiger partial charge in [-0.15, -0.1) is 0 Å². The quantitative estimate of drug-likeness (QED) is 0.501. The van der Waals surface area contributed by atoms with E-state index in [1.165, 1.54) is 25.7 Å². The lowest BCUT2D eigenvalue weighted by Gasteiger charge is -2.34. The molecule has 0 spiro atoms. The molecule has 17 heavy (non-hydrogen) atoms. The maximum Gasteiger partial charge on any atom is 0.0631 e. The lowest BCUT2D eigenvalue weighted by atomic mass is 10.0. The van der Waals surface area contributed by atoms with Crippen LogP contribution in [0.25, 0.3) is 0 Å². The first-order chi connectivity index (χ1) is 7.74. The predicted molar refractivity (Wildman–Crippen MR) is 79.6 cm³/mol. The molecule has 0 N–H and O–H groups in total. The molecule has 0 saturated heterocycles. The Bertz CT molecular complexity index is 141. The molecule has 0 aromatic carbocycles. The minimum atomic E-state index is 0.0273. The number of hydrogen-bond acceptors (Lipinski definition) is 1. The van der Waals surface area contributed by atoms with Crippen LogP contribution in [0, 0.1) is 0 Å². The molecule has 0 atom stereocenters. The summed E-state index contributed by atoms with van der Waals surface area (Å²) < 4.78 is 5.92. The Morgan fingerprint density at radius 2 is 0.941 bits per heavy atom. The molecule has 0 aromatic rings. The Kier molecular flexibility index (Phi) is 11.3. The fourth-order valence-electron chi connectivity index (χ4n) is 1.39. The van der Waals surface area contributed by atoms with Crippen molar-refractivity contribution in [2.45, 2.75) is 105 Å². The van der Waals surface area contributed by atoms with Crippen LogP contribution in [0.3, 0.4) is 0 Å². The van der Waals surface area contributed by atoms with E-state index in [2.05, 4.69) is 55.4 Å². The van der Waals surface area contributed by atoms with Crippen molar-refractivity contribution in [1.82, 2.24) is 0 Å². The SMILES string of the molecule is CCC(C)(C)OC(C)(C)CC.CCCCCC. The van der Waals surface area contributed by atoms with Crippen LogP contribution >= 0.6 is 0 Å². The topological polar surface area (TPSA) is 9.23 Å². The molecule has 0 bridgehead atoms. The Morgan fingerprint density at radius 3 is 1.12 bits per heavy atom. The minimum absolute atomic E-state index is 0.0273. The second kappa shape index (κ2) is 9.94. The van der Waals surface area contributed by atoms with Crippen LogP contribution in [0.1, 0.15) is 93.9 Å². The summed E-state index contributed by atoms with van der Waals surface area (Å²) in [6.45, 7) is 17.4. The highest BCUT2D eigenvalue weighted by Crippen LogP contribution is 2.24. The third kappa shape index (κ3) is 13.9. The van der Waals surface area contributed by atoms with Crippen LogP contribution in [0.4, 0.5) is 0 Å². The number of ether oxygens (including phenoxy) is 1. The van der Waals surface area contributed by atoms with Crippen LogP contribution in [0.15, 0.2) is 0 Å². The molecule has 0 heterocycles. The monoisotopic (exact) mass is 244 g/mol. The Balaban J connectivity index is 0. The van der Waals surface area contributed by atoms with Gasteiger partial charge in [0.2, 0.25) is 0 Å². The van der Waals surface area contributed by atoms with E-state index >= 15 is 0 Å². The minimum Gasteiger partial charge on any atom is -0.370 e. The summed E-state index contributed by atoms with van der Waals surface area (Å²) in [5, 5.41) is 0. The first-order valence-electron chi connectivity index (χ1n) is 7.44. The highest BCUT2D eigenvalue weighted by Gasteiger charge is 2.25.